The van der Waals surface area contributed by atoms with E-state index in [1.807, 2.05) is 0 Å². The van der Waals surface area contributed by atoms with Gasteiger partial charge < -0.3 is 0 Å². The van der Waals surface area contributed by atoms with Crippen molar-refractivity contribution in [3.63, 3.8) is 0 Å². The lowest BCUT2D eigenvalue weighted by Crippen LogP contribution is -2.38. The molecule has 1 aliphatic carbocycles. The van der Waals surface area contributed by atoms with E-state index in [0.29, 0.717) is 11.0 Å². The third-order valence-electron chi connectivity index (χ3n) is 5.00. The summed E-state index contributed by atoms with van der Waals surface area (Å²) in [5, 5.41) is 0.428. The highest BCUT2D eigenvalue weighted by Crippen LogP contribution is 2.34. The number of benzene rings is 1. The first-order valence-electron chi connectivity index (χ1n) is 8.36. The van der Waals surface area contributed by atoms with Gasteiger partial charge >= 0.3 is 5.69 Å². The molecule has 1 aromatic carbocycles. The van der Waals surface area contributed by atoms with Crippen molar-refractivity contribution in [3.05, 3.63) is 62.2 Å². The molecule has 0 atom stereocenters. The van der Waals surface area contributed by atoms with Crippen molar-refractivity contribution in [2.45, 2.75) is 25.7 Å². The summed E-state index contributed by atoms with van der Waals surface area (Å²) in [4.78, 5) is 29.8. The topological polar surface area (TPSA) is 56.9 Å². The van der Waals surface area contributed by atoms with Gasteiger partial charge in [-0.2, -0.15) is 0 Å². The van der Waals surface area contributed by atoms with E-state index in [4.69, 9.17) is 0 Å². The molecule has 0 radical (unpaired) electrons. The van der Waals surface area contributed by atoms with Crippen LogP contribution in [0, 0.1) is 5.82 Å². The minimum absolute atomic E-state index is 0.323. The van der Waals surface area contributed by atoms with Gasteiger partial charge in [0.05, 0.1) is 5.39 Å². The van der Waals surface area contributed by atoms with E-state index in [0.717, 1.165) is 52.6 Å². The molecule has 0 saturated heterocycles. The highest BCUT2D eigenvalue weighted by molar-refractivity contribution is 5.94. The summed E-state index contributed by atoms with van der Waals surface area (Å²) in [7, 11) is 3.10. The largest absolute Gasteiger partial charge is 0.332 e. The van der Waals surface area contributed by atoms with Gasteiger partial charge in [0.25, 0.3) is 5.56 Å². The van der Waals surface area contributed by atoms with E-state index in [2.05, 4.69) is 4.98 Å². The average molecular weight is 339 g/mol. The van der Waals surface area contributed by atoms with E-state index in [9.17, 15) is 14.0 Å². The molecule has 2 aromatic heterocycles. The Morgan fingerprint density at radius 1 is 1.00 bits per heavy atom. The Kier molecular flexibility index (Phi) is 3.56. The van der Waals surface area contributed by atoms with E-state index >= 15 is 0 Å². The molecule has 3 aromatic rings. The second-order valence-electron chi connectivity index (χ2n) is 6.53. The first kappa shape index (κ1) is 15.7. The molecule has 128 valence electrons. The number of hydrogen-bond acceptors (Lipinski definition) is 3. The van der Waals surface area contributed by atoms with Crippen LogP contribution in [-0.2, 0) is 26.9 Å². The minimum atomic E-state index is -0.397. The first-order chi connectivity index (χ1) is 12.0. The van der Waals surface area contributed by atoms with Crippen molar-refractivity contribution in [2.75, 3.05) is 0 Å². The standard InChI is InChI=1S/C19H18FN3O2/c1-22-17-16(18(24)23(2)19(22)25)15(11-7-9-12(20)10-8-11)13-5-3-4-6-14(13)21-17/h7-10H,3-6H2,1-2H3. The van der Waals surface area contributed by atoms with Gasteiger partial charge in [0.1, 0.15) is 11.5 Å². The molecular formula is C19H18FN3O2. The summed E-state index contributed by atoms with van der Waals surface area (Å²) in [6.07, 6.45) is 3.72. The predicted molar refractivity (Wildman–Crippen MR) is 94.3 cm³/mol. The summed E-state index contributed by atoms with van der Waals surface area (Å²) in [6.45, 7) is 0. The van der Waals surface area contributed by atoms with Crippen LogP contribution in [0.3, 0.4) is 0 Å². The number of pyridine rings is 1. The van der Waals surface area contributed by atoms with Gasteiger partial charge in [-0.05, 0) is 48.9 Å². The maximum Gasteiger partial charge on any atom is 0.332 e. The van der Waals surface area contributed by atoms with Crippen LogP contribution in [0.2, 0.25) is 0 Å². The average Bonchev–Trinajstić information content (AvgIpc) is 2.64. The van der Waals surface area contributed by atoms with Gasteiger partial charge in [-0.3, -0.25) is 13.9 Å². The Labute approximate surface area is 143 Å². The Morgan fingerprint density at radius 3 is 2.40 bits per heavy atom. The predicted octanol–water partition coefficient (Wildman–Crippen LogP) is 2.32. The molecule has 0 saturated carbocycles. The molecule has 0 N–H and O–H groups in total. The van der Waals surface area contributed by atoms with Crippen molar-refractivity contribution in [1.29, 1.82) is 0 Å². The van der Waals surface area contributed by atoms with Crippen LogP contribution in [-0.4, -0.2) is 14.1 Å². The molecule has 25 heavy (non-hydrogen) atoms. The van der Waals surface area contributed by atoms with E-state index in [1.54, 1.807) is 19.2 Å². The van der Waals surface area contributed by atoms with E-state index in [-0.39, 0.29) is 11.4 Å². The fourth-order valence-electron chi connectivity index (χ4n) is 3.68. The van der Waals surface area contributed by atoms with Crippen LogP contribution >= 0.6 is 0 Å². The Morgan fingerprint density at radius 2 is 1.68 bits per heavy atom. The molecule has 0 amide bonds. The molecule has 4 rings (SSSR count). The van der Waals surface area contributed by atoms with Crippen LogP contribution in [0.1, 0.15) is 24.1 Å². The summed E-state index contributed by atoms with van der Waals surface area (Å²) >= 11 is 0. The molecular weight excluding hydrogens is 321 g/mol. The smallest absolute Gasteiger partial charge is 0.280 e. The maximum atomic E-state index is 13.4. The Hall–Kier alpha value is -2.76. The summed E-state index contributed by atoms with van der Waals surface area (Å²) in [6, 6.07) is 6.15. The van der Waals surface area contributed by atoms with Crippen molar-refractivity contribution < 1.29 is 4.39 Å². The van der Waals surface area contributed by atoms with Crippen LogP contribution in [0.25, 0.3) is 22.2 Å². The van der Waals surface area contributed by atoms with Gasteiger partial charge in [-0.15, -0.1) is 0 Å². The molecule has 0 fully saturated rings. The second-order valence-corrected chi connectivity index (χ2v) is 6.53. The Bertz CT molecular complexity index is 1110. The van der Waals surface area contributed by atoms with Gasteiger partial charge in [-0.25, -0.2) is 14.2 Å². The maximum absolute atomic E-state index is 13.4. The molecule has 2 heterocycles. The van der Waals surface area contributed by atoms with Crippen LogP contribution in [0.15, 0.2) is 33.9 Å². The molecule has 0 spiro atoms. The molecule has 0 bridgehead atoms. The zero-order valence-corrected chi connectivity index (χ0v) is 14.2. The van der Waals surface area contributed by atoms with Crippen LogP contribution in [0.5, 0.6) is 0 Å². The van der Waals surface area contributed by atoms with Gasteiger partial charge in [0.15, 0.2) is 0 Å². The lowest BCUT2D eigenvalue weighted by atomic mass is 9.87. The van der Waals surface area contributed by atoms with Crippen LogP contribution < -0.4 is 11.2 Å². The summed E-state index contributed by atoms with van der Waals surface area (Å²) < 4.78 is 15.9. The highest BCUT2D eigenvalue weighted by Gasteiger charge is 2.23. The number of hydrogen-bond donors (Lipinski definition) is 0. The summed E-state index contributed by atoms with van der Waals surface area (Å²) in [5.74, 6) is -0.323. The molecule has 5 nitrogen and oxygen atoms in total. The number of nitrogens with zero attached hydrogens (tertiary/aromatic N) is 3. The molecule has 0 aliphatic heterocycles. The number of fused-ring (bicyclic) bond motifs is 2. The number of aryl methyl sites for hydroxylation is 2. The zero-order chi connectivity index (χ0) is 17.7. The third kappa shape index (κ3) is 2.32. The van der Waals surface area contributed by atoms with E-state index < -0.39 is 5.69 Å². The van der Waals surface area contributed by atoms with Crippen molar-refractivity contribution >= 4 is 11.0 Å². The summed E-state index contributed by atoms with van der Waals surface area (Å²) in [5.41, 5.74) is 3.18. The number of halogens is 1. The quantitative estimate of drug-likeness (QED) is 0.684. The van der Waals surface area contributed by atoms with Crippen molar-refractivity contribution in [1.82, 2.24) is 14.1 Å². The lowest BCUT2D eigenvalue weighted by molar-refractivity contribution is 0.628. The van der Waals surface area contributed by atoms with E-state index in [1.165, 1.54) is 23.7 Å². The van der Waals surface area contributed by atoms with Crippen molar-refractivity contribution in [2.24, 2.45) is 14.1 Å². The number of aromatic nitrogens is 3. The first-order valence-corrected chi connectivity index (χ1v) is 8.36. The van der Waals surface area contributed by atoms with Crippen LogP contribution in [0.4, 0.5) is 4.39 Å². The van der Waals surface area contributed by atoms with Crippen molar-refractivity contribution in [3.8, 4) is 11.1 Å². The fourth-order valence-corrected chi connectivity index (χ4v) is 3.68. The lowest BCUT2D eigenvalue weighted by Gasteiger charge is -2.21. The zero-order valence-electron chi connectivity index (χ0n) is 14.2. The normalized spacial score (nSPS) is 13.9. The monoisotopic (exact) mass is 339 g/mol. The van der Waals surface area contributed by atoms with Gasteiger partial charge in [0.2, 0.25) is 0 Å². The highest BCUT2D eigenvalue weighted by atomic mass is 19.1. The van der Waals surface area contributed by atoms with Gasteiger partial charge in [0, 0.05) is 25.4 Å². The minimum Gasteiger partial charge on any atom is -0.280 e. The SMILES string of the molecule is Cn1c(=O)c2c(-c3ccc(F)cc3)c3c(nc2n(C)c1=O)CCCC3. The van der Waals surface area contributed by atoms with Gasteiger partial charge in [-0.1, -0.05) is 12.1 Å². The Balaban J connectivity index is 2.24. The molecule has 1 aliphatic rings. The third-order valence-corrected chi connectivity index (χ3v) is 5.00. The molecule has 0 unspecified atom stereocenters. The molecule has 6 heteroatoms. The fraction of sp³-hybridized carbons (Fsp3) is 0.316. The number of rotatable bonds is 1. The second kappa shape index (κ2) is 5.65.